The molecule has 0 spiro atoms. The van der Waals surface area contributed by atoms with Crippen molar-refractivity contribution in [2.45, 2.75) is 25.4 Å². The molecule has 0 heterocycles. The number of carboxylic acid groups (broad SMARTS) is 1. The zero-order chi connectivity index (χ0) is 11.8. The van der Waals surface area contributed by atoms with Crippen LogP contribution in [-0.4, -0.2) is 24.7 Å². The van der Waals surface area contributed by atoms with Crippen LogP contribution >= 0.6 is 0 Å². The number of carbonyl (C=O) groups is 1. The quantitative estimate of drug-likeness (QED) is 0.762. The average molecular weight is 223 g/mol. The Bertz CT molecular complexity index is 324. The molecule has 0 atom stereocenters. The fourth-order valence-corrected chi connectivity index (χ4v) is 1.39. The Kier molecular flexibility index (Phi) is 5.36. The number of hydrogen-bond acceptors (Lipinski definition) is 3. The van der Waals surface area contributed by atoms with Crippen LogP contribution in [0.2, 0.25) is 0 Å². The fourth-order valence-electron chi connectivity index (χ4n) is 1.39. The first-order valence-corrected chi connectivity index (χ1v) is 5.25. The first-order chi connectivity index (χ1) is 7.81. The van der Waals surface area contributed by atoms with Gasteiger partial charge in [0.2, 0.25) is 0 Å². The van der Waals surface area contributed by atoms with Crippen LogP contribution in [0.5, 0.6) is 5.75 Å². The fraction of sp³-hybridized carbons (Fsp3) is 0.417. The highest BCUT2D eigenvalue weighted by Gasteiger charge is 2.20. The maximum Gasteiger partial charge on any atom is 0.290 e. The standard InChI is InChI=1S/C11H15NO.CH2O2/c1-13-11-5-3-2-4-9(11)8-12-10-6-7-10;2-1-3/h2-5,10,12H,6-8H2,1H3;1H,(H,2,3). The van der Waals surface area contributed by atoms with Gasteiger partial charge in [0.15, 0.2) is 0 Å². The molecule has 1 fully saturated rings. The summed E-state index contributed by atoms with van der Waals surface area (Å²) in [4.78, 5) is 8.36. The van der Waals surface area contributed by atoms with Gasteiger partial charge in [-0.25, -0.2) is 0 Å². The van der Waals surface area contributed by atoms with Crippen LogP contribution in [0.15, 0.2) is 24.3 Å². The van der Waals surface area contributed by atoms with Crippen molar-refractivity contribution in [2.75, 3.05) is 7.11 Å². The lowest BCUT2D eigenvalue weighted by Gasteiger charge is -2.08. The summed E-state index contributed by atoms with van der Waals surface area (Å²) in [5.74, 6) is 0.982. The lowest BCUT2D eigenvalue weighted by atomic mass is 10.2. The van der Waals surface area contributed by atoms with Gasteiger partial charge in [-0.3, -0.25) is 4.79 Å². The van der Waals surface area contributed by atoms with E-state index in [1.54, 1.807) is 7.11 Å². The maximum absolute atomic E-state index is 8.36. The predicted octanol–water partition coefficient (Wildman–Crippen LogP) is 1.65. The highest BCUT2D eigenvalue weighted by Crippen LogP contribution is 2.22. The third kappa shape index (κ3) is 4.31. The van der Waals surface area contributed by atoms with Crippen molar-refractivity contribution in [1.29, 1.82) is 0 Å². The van der Waals surface area contributed by atoms with E-state index in [-0.39, 0.29) is 6.47 Å². The lowest BCUT2D eigenvalue weighted by Crippen LogP contribution is -2.15. The zero-order valence-corrected chi connectivity index (χ0v) is 9.35. The molecule has 4 nitrogen and oxygen atoms in total. The van der Waals surface area contributed by atoms with E-state index in [0.29, 0.717) is 0 Å². The van der Waals surface area contributed by atoms with E-state index in [2.05, 4.69) is 11.4 Å². The van der Waals surface area contributed by atoms with Crippen molar-refractivity contribution >= 4 is 6.47 Å². The van der Waals surface area contributed by atoms with Crippen LogP contribution in [0.4, 0.5) is 0 Å². The molecule has 88 valence electrons. The van der Waals surface area contributed by atoms with Crippen LogP contribution in [-0.2, 0) is 11.3 Å². The normalized spacial score (nSPS) is 13.6. The van der Waals surface area contributed by atoms with E-state index < -0.39 is 0 Å². The number of hydrogen-bond donors (Lipinski definition) is 2. The average Bonchev–Trinajstić information content (AvgIpc) is 3.12. The topological polar surface area (TPSA) is 58.6 Å². The van der Waals surface area contributed by atoms with Crippen LogP contribution in [0, 0.1) is 0 Å². The monoisotopic (exact) mass is 223 g/mol. The first-order valence-electron chi connectivity index (χ1n) is 5.25. The Morgan fingerprint density at radius 2 is 2.12 bits per heavy atom. The lowest BCUT2D eigenvalue weighted by molar-refractivity contribution is -0.122. The molecule has 2 rings (SSSR count). The summed E-state index contributed by atoms with van der Waals surface area (Å²) in [6.07, 6.45) is 2.66. The Labute approximate surface area is 95.2 Å². The van der Waals surface area contributed by atoms with Crippen LogP contribution in [0.1, 0.15) is 18.4 Å². The van der Waals surface area contributed by atoms with Crippen molar-refractivity contribution in [3.05, 3.63) is 29.8 Å². The minimum absolute atomic E-state index is 0.250. The van der Waals surface area contributed by atoms with Gasteiger partial charge in [-0.15, -0.1) is 0 Å². The van der Waals surface area contributed by atoms with Crippen LogP contribution in [0.3, 0.4) is 0 Å². The van der Waals surface area contributed by atoms with Gasteiger partial charge in [0.25, 0.3) is 6.47 Å². The van der Waals surface area contributed by atoms with E-state index in [9.17, 15) is 0 Å². The first kappa shape index (κ1) is 12.5. The number of para-hydroxylation sites is 1. The molecule has 0 bridgehead atoms. The summed E-state index contributed by atoms with van der Waals surface area (Å²) in [5.41, 5.74) is 1.25. The Balaban J connectivity index is 0.000000386. The van der Waals surface area contributed by atoms with Gasteiger partial charge in [-0.05, 0) is 18.9 Å². The SMILES string of the molecule is COc1ccccc1CNC1CC1.O=CO. The summed E-state index contributed by atoms with van der Waals surface area (Å²) >= 11 is 0. The molecule has 0 aliphatic heterocycles. The molecule has 0 unspecified atom stereocenters. The van der Waals surface area contributed by atoms with Gasteiger partial charge < -0.3 is 15.2 Å². The third-order valence-corrected chi connectivity index (χ3v) is 2.35. The summed E-state index contributed by atoms with van der Waals surface area (Å²) in [6.45, 7) is 0.675. The molecule has 1 saturated carbocycles. The number of ether oxygens (including phenoxy) is 1. The molecule has 1 aliphatic carbocycles. The van der Waals surface area contributed by atoms with Gasteiger partial charge in [0.05, 0.1) is 7.11 Å². The molecule has 1 aromatic carbocycles. The summed E-state index contributed by atoms with van der Waals surface area (Å²) < 4.78 is 5.26. The molecule has 0 amide bonds. The number of rotatable bonds is 4. The van der Waals surface area contributed by atoms with E-state index in [0.717, 1.165) is 18.3 Å². The molecule has 16 heavy (non-hydrogen) atoms. The highest BCUT2D eigenvalue weighted by molar-refractivity contribution is 5.33. The molecule has 0 radical (unpaired) electrons. The number of nitrogens with one attached hydrogen (secondary N) is 1. The molecule has 2 N–H and O–H groups in total. The van der Waals surface area contributed by atoms with Gasteiger partial charge in [-0.1, -0.05) is 18.2 Å². The van der Waals surface area contributed by atoms with Crippen LogP contribution in [0.25, 0.3) is 0 Å². The van der Waals surface area contributed by atoms with Crippen molar-refractivity contribution in [2.24, 2.45) is 0 Å². The third-order valence-electron chi connectivity index (χ3n) is 2.35. The molecular formula is C12H17NO3. The van der Waals surface area contributed by atoms with Crippen LogP contribution < -0.4 is 10.1 Å². The summed E-state index contributed by atoms with van der Waals surface area (Å²) in [6, 6.07) is 8.91. The van der Waals surface area contributed by atoms with Crippen molar-refractivity contribution < 1.29 is 14.6 Å². The zero-order valence-electron chi connectivity index (χ0n) is 9.35. The molecule has 0 aromatic heterocycles. The smallest absolute Gasteiger partial charge is 0.290 e. The Morgan fingerprint density at radius 1 is 1.50 bits per heavy atom. The second-order valence-corrected chi connectivity index (χ2v) is 3.57. The number of methoxy groups -OCH3 is 1. The van der Waals surface area contributed by atoms with Gasteiger partial charge in [0.1, 0.15) is 5.75 Å². The second-order valence-electron chi connectivity index (χ2n) is 3.57. The molecule has 4 heteroatoms. The summed E-state index contributed by atoms with van der Waals surface area (Å²) in [7, 11) is 1.72. The van der Waals surface area contributed by atoms with Gasteiger partial charge >= 0.3 is 0 Å². The second kappa shape index (κ2) is 6.85. The molecule has 1 aromatic rings. The summed E-state index contributed by atoms with van der Waals surface area (Å²) in [5, 5.41) is 10.4. The van der Waals surface area contributed by atoms with Crippen molar-refractivity contribution in [1.82, 2.24) is 5.32 Å². The van der Waals surface area contributed by atoms with E-state index >= 15 is 0 Å². The maximum atomic E-state index is 8.36. The largest absolute Gasteiger partial charge is 0.496 e. The predicted molar refractivity (Wildman–Crippen MR) is 61.5 cm³/mol. The Morgan fingerprint density at radius 3 is 2.69 bits per heavy atom. The highest BCUT2D eigenvalue weighted by atomic mass is 16.5. The van der Waals surface area contributed by atoms with Gasteiger partial charge in [0, 0.05) is 18.2 Å². The van der Waals surface area contributed by atoms with E-state index in [1.807, 2.05) is 18.2 Å². The Hall–Kier alpha value is -1.55. The minimum Gasteiger partial charge on any atom is -0.496 e. The van der Waals surface area contributed by atoms with Crippen molar-refractivity contribution in [3.8, 4) is 5.75 Å². The van der Waals surface area contributed by atoms with Crippen molar-refractivity contribution in [3.63, 3.8) is 0 Å². The number of benzene rings is 1. The minimum atomic E-state index is -0.250. The molecule has 1 aliphatic rings. The van der Waals surface area contributed by atoms with E-state index in [1.165, 1.54) is 18.4 Å². The van der Waals surface area contributed by atoms with Gasteiger partial charge in [-0.2, -0.15) is 0 Å². The van der Waals surface area contributed by atoms with E-state index in [4.69, 9.17) is 14.6 Å². The molecular weight excluding hydrogens is 206 g/mol. The molecule has 0 saturated heterocycles.